The highest BCUT2D eigenvalue weighted by molar-refractivity contribution is 6.41. The predicted molar refractivity (Wildman–Crippen MR) is 63.8 cm³/mol. The molecule has 0 radical (unpaired) electrons. The molecule has 1 aromatic carbocycles. The van der Waals surface area contributed by atoms with Crippen molar-refractivity contribution in [3.63, 3.8) is 0 Å². The van der Waals surface area contributed by atoms with Crippen LogP contribution < -0.4 is 5.32 Å². The molecule has 0 bridgehead atoms. The molecule has 0 fully saturated rings. The summed E-state index contributed by atoms with van der Waals surface area (Å²) < 4.78 is 0. The lowest BCUT2D eigenvalue weighted by Crippen LogP contribution is -2.35. The molecule has 1 aromatic rings. The summed E-state index contributed by atoms with van der Waals surface area (Å²) in [7, 11) is 0. The number of rotatable bonds is 4. The number of carbonyl (C=O) groups excluding carboxylic acids is 2. The van der Waals surface area contributed by atoms with E-state index in [0.29, 0.717) is 0 Å². The number of nitrogens with one attached hydrogen (secondary N) is 1. The van der Waals surface area contributed by atoms with Crippen LogP contribution >= 0.6 is 0 Å². The van der Waals surface area contributed by atoms with Gasteiger partial charge in [-0.25, -0.2) is 0 Å². The standard InChI is InChI=1S/C13H15NO2/c1-10(2)14-13(16)12(15)9-8-11-6-4-3-5-7-11/h3-10H,1-2H3,(H,14,16). The van der Waals surface area contributed by atoms with Crippen molar-refractivity contribution in [2.24, 2.45) is 0 Å². The Hall–Kier alpha value is -1.90. The average Bonchev–Trinajstić information content (AvgIpc) is 2.26. The number of carbonyl (C=O) groups is 2. The van der Waals surface area contributed by atoms with Crippen LogP contribution in [0, 0.1) is 0 Å². The van der Waals surface area contributed by atoms with Gasteiger partial charge in [-0.05, 0) is 25.5 Å². The topological polar surface area (TPSA) is 46.2 Å². The molecule has 0 spiro atoms. The van der Waals surface area contributed by atoms with Crippen LogP contribution in [0.25, 0.3) is 6.08 Å². The van der Waals surface area contributed by atoms with Crippen molar-refractivity contribution in [2.75, 3.05) is 0 Å². The van der Waals surface area contributed by atoms with Gasteiger partial charge in [-0.1, -0.05) is 36.4 Å². The van der Waals surface area contributed by atoms with Crippen molar-refractivity contribution in [1.82, 2.24) is 5.32 Å². The zero-order chi connectivity index (χ0) is 12.0. The zero-order valence-corrected chi connectivity index (χ0v) is 9.44. The van der Waals surface area contributed by atoms with Crippen LogP contribution in [0.2, 0.25) is 0 Å². The monoisotopic (exact) mass is 217 g/mol. The minimum absolute atomic E-state index is 0.0263. The van der Waals surface area contributed by atoms with Crippen LogP contribution in [0.3, 0.4) is 0 Å². The second kappa shape index (κ2) is 5.85. The Morgan fingerprint density at radius 1 is 1.19 bits per heavy atom. The van der Waals surface area contributed by atoms with Crippen LogP contribution in [-0.4, -0.2) is 17.7 Å². The van der Waals surface area contributed by atoms with Gasteiger partial charge in [0.25, 0.3) is 5.91 Å². The molecule has 1 amide bonds. The van der Waals surface area contributed by atoms with Gasteiger partial charge < -0.3 is 5.32 Å². The Morgan fingerprint density at radius 3 is 2.38 bits per heavy atom. The molecule has 84 valence electrons. The van der Waals surface area contributed by atoms with Gasteiger partial charge in [0.15, 0.2) is 0 Å². The fourth-order valence-corrected chi connectivity index (χ4v) is 1.15. The lowest BCUT2D eigenvalue weighted by Gasteiger charge is -2.04. The molecule has 0 unspecified atom stereocenters. The summed E-state index contributed by atoms with van der Waals surface area (Å²) in [6, 6.07) is 9.34. The van der Waals surface area contributed by atoms with Gasteiger partial charge in [0.1, 0.15) is 0 Å². The molecule has 0 aliphatic rings. The smallest absolute Gasteiger partial charge is 0.291 e. The Labute approximate surface area is 95.2 Å². The molecule has 0 aliphatic heterocycles. The fourth-order valence-electron chi connectivity index (χ4n) is 1.15. The van der Waals surface area contributed by atoms with Crippen LogP contribution in [-0.2, 0) is 9.59 Å². The maximum atomic E-state index is 11.4. The van der Waals surface area contributed by atoms with E-state index in [1.165, 1.54) is 6.08 Å². The summed E-state index contributed by atoms with van der Waals surface area (Å²) >= 11 is 0. The number of hydrogen-bond donors (Lipinski definition) is 1. The van der Waals surface area contributed by atoms with E-state index in [4.69, 9.17) is 0 Å². The van der Waals surface area contributed by atoms with Crippen molar-refractivity contribution >= 4 is 17.8 Å². The molecule has 1 N–H and O–H groups in total. The molecule has 0 aliphatic carbocycles. The SMILES string of the molecule is CC(C)NC(=O)C(=O)C=Cc1ccccc1. The molecular formula is C13H15NO2. The zero-order valence-electron chi connectivity index (χ0n) is 9.44. The van der Waals surface area contributed by atoms with Gasteiger partial charge in [-0.15, -0.1) is 0 Å². The first-order valence-electron chi connectivity index (χ1n) is 5.17. The largest absolute Gasteiger partial charge is 0.347 e. The summed E-state index contributed by atoms with van der Waals surface area (Å²) in [5.41, 5.74) is 0.896. The molecular weight excluding hydrogens is 202 g/mol. The minimum Gasteiger partial charge on any atom is -0.347 e. The molecule has 1 rings (SSSR count). The van der Waals surface area contributed by atoms with E-state index in [2.05, 4.69) is 5.32 Å². The van der Waals surface area contributed by atoms with Gasteiger partial charge in [-0.2, -0.15) is 0 Å². The van der Waals surface area contributed by atoms with Crippen LogP contribution in [0.4, 0.5) is 0 Å². The first kappa shape index (κ1) is 12.2. The number of hydrogen-bond acceptors (Lipinski definition) is 2. The molecule has 0 aromatic heterocycles. The van der Waals surface area contributed by atoms with Crippen molar-refractivity contribution < 1.29 is 9.59 Å². The fraction of sp³-hybridized carbons (Fsp3) is 0.231. The minimum atomic E-state index is -0.567. The summed E-state index contributed by atoms with van der Waals surface area (Å²) in [4.78, 5) is 22.6. The maximum Gasteiger partial charge on any atom is 0.291 e. The summed E-state index contributed by atoms with van der Waals surface area (Å²) in [5, 5.41) is 2.54. The Bertz CT molecular complexity index is 394. The van der Waals surface area contributed by atoms with Crippen LogP contribution in [0.1, 0.15) is 19.4 Å². The number of ketones is 1. The number of benzene rings is 1. The van der Waals surface area contributed by atoms with E-state index in [0.717, 1.165) is 5.56 Å². The van der Waals surface area contributed by atoms with Gasteiger partial charge in [-0.3, -0.25) is 9.59 Å². The summed E-state index contributed by atoms with van der Waals surface area (Å²) in [6.07, 6.45) is 2.91. The Balaban J connectivity index is 2.58. The maximum absolute atomic E-state index is 11.4. The molecule has 0 atom stereocenters. The molecule has 0 saturated carbocycles. The second-order valence-corrected chi connectivity index (χ2v) is 3.74. The van der Waals surface area contributed by atoms with Crippen molar-refractivity contribution in [1.29, 1.82) is 0 Å². The lowest BCUT2D eigenvalue weighted by molar-refractivity contribution is -0.135. The Morgan fingerprint density at radius 2 is 1.81 bits per heavy atom. The predicted octanol–water partition coefficient (Wildman–Crippen LogP) is 1.79. The lowest BCUT2D eigenvalue weighted by atomic mass is 10.2. The van der Waals surface area contributed by atoms with Gasteiger partial charge in [0.05, 0.1) is 0 Å². The number of amides is 1. The third-order valence-corrected chi connectivity index (χ3v) is 1.87. The van der Waals surface area contributed by atoms with Gasteiger partial charge >= 0.3 is 0 Å². The van der Waals surface area contributed by atoms with E-state index in [1.807, 2.05) is 44.2 Å². The molecule has 3 heteroatoms. The second-order valence-electron chi connectivity index (χ2n) is 3.74. The average molecular weight is 217 g/mol. The van der Waals surface area contributed by atoms with Crippen molar-refractivity contribution in [3.8, 4) is 0 Å². The van der Waals surface area contributed by atoms with E-state index < -0.39 is 11.7 Å². The van der Waals surface area contributed by atoms with E-state index in [-0.39, 0.29) is 6.04 Å². The van der Waals surface area contributed by atoms with E-state index in [1.54, 1.807) is 6.08 Å². The third-order valence-electron chi connectivity index (χ3n) is 1.87. The van der Waals surface area contributed by atoms with E-state index in [9.17, 15) is 9.59 Å². The first-order chi connectivity index (χ1) is 7.59. The molecule has 16 heavy (non-hydrogen) atoms. The first-order valence-corrected chi connectivity index (χ1v) is 5.17. The van der Waals surface area contributed by atoms with E-state index >= 15 is 0 Å². The summed E-state index contributed by atoms with van der Waals surface area (Å²) in [6.45, 7) is 3.62. The highest BCUT2D eigenvalue weighted by Gasteiger charge is 2.10. The summed E-state index contributed by atoms with van der Waals surface area (Å²) in [5.74, 6) is -1.10. The van der Waals surface area contributed by atoms with Gasteiger partial charge in [0, 0.05) is 6.04 Å². The van der Waals surface area contributed by atoms with Crippen molar-refractivity contribution in [3.05, 3.63) is 42.0 Å². The Kier molecular flexibility index (Phi) is 4.45. The van der Waals surface area contributed by atoms with Crippen LogP contribution in [0.15, 0.2) is 36.4 Å². The quantitative estimate of drug-likeness (QED) is 0.617. The highest BCUT2D eigenvalue weighted by atomic mass is 16.2. The van der Waals surface area contributed by atoms with Crippen LogP contribution in [0.5, 0.6) is 0 Å². The molecule has 3 nitrogen and oxygen atoms in total. The van der Waals surface area contributed by atoms with Crippen molar-refractivity contribution in [2.45, 2.75) is 19.9 Å². The molecule has 0 heterocycles. The highest BCUT2D eigenvalue weighted by Crippen LogP contribution is 2.00. The normalized spacial score (nSPS) is 10.7. The third kappa shape index (κ3) is 4.09. The van der Waals surface area contributed by atoms with Gasteiger partial charge in [0.2, 0.25) is 5.78 Å². The molecule has 0 saturated heterocycles.